The standard InChI is InChI=1S/C9H16N2O2/c1-2-4-7(10)8(12)9(13)11-5-3-6-11/h7H,2-6,10H2,1H3. The lowest BCUT2D eigenvalue weighted by Gasteiger charge is -2.30. The molecule has 13 heavy (non-hydrogen) atoms. The van der Waals surface area contributed by atoms with Gasteiger partial charge in [0.15, 0.2) is 0 Å². The number of hydrogen-bond acceptors (Lipinski definition) is 3. The minimum atomic E-state index is -0.599. The zero-order valence-electron chi connectivity index (χ0n) is 7.95. The lowest BCUT2D eigenvalue weighted by atomic mass is 10.1. The van der Waals surface area contributed by atoms with E-state index in [1.807, 2.05) is 6.92 Å². The summed E-state index contributed by atoms with van der Waals surface area (Å²) in [7, 11) is 0. The predicted octanol–water partition coefficient (Wildman–Crippen LogP) is -0.0848. The van der Waals surface area contributed by atoms with Crippen molar-refractivity contribution in [3.8, 4) is 0 Å². The summed E-state index contributed by atoms with van der Waals surface area (Å²) < 4.78 is 0. The second-order valence-electron chi connectivity index (χ2n) is 3.41. The fraction of sp³-hybridized carbons (Fsp3) is 0.778. The molecule has 0 bridgehead atoms. The highest BCUT2D eigenvalue weighted by molar-refractivity contribution is 6.38. The van der Waals surface area contributed by atoms with Crippen LogP contribution in [0.3, 0.4) is 0 Å². The van der Waals surface area contributed by atoms with E-state index >= 15 is 0 Å². The van der Waals surface area contributed by atoms with Crippen LogP contribution in [0.1, 0.15) is 26.2 Å². The molecule has 0 spiro atoms. The zero-order chi connectivity index (χ0) is 9.84. The van der Waals surface area contributed by atoms with E-state index in [9.17, 15) is 9.59 Å². The van der Waals surface area contributed by atoms with Gasteiger partial charge in [0, 0.05) is 13.1 Å². The molecule has 1 aliphatic rings. The quantitative estimate of drug-likeness (QED) is 0.621. The molecule has 2 N–H and O–H groups in total. The maximum atomic E-state index is 11.4. The van der Waals surface area contributed by atoms with Crippen LogP contribution in [-0.4, -0.2) is 35.7 Å². The molecular formula is C9H16N2O2. The molecule has 0 saturated carbocycles. The van der Waals surface area contributed by atoms with Gasteiger partial charge < -0.3 is 10.6 Å². The molecule has 74 valence electrons. The highest BCUT2D eigenvalue weighted by Crippen LogP contribution is 2.08. The third-order valence-corrected chi connectivity index (χ3v) is 2.29. The van der Waals surface area contributed by atoms with Crippen LogP contribution >= 0.6 is 0 Å². The normalized spacial score (nSPS) is 17.8. The summed E-state index contributed by atoms with van der Waals surface area (Å²) in [4.78, 5) is 24.2. The molecule has 1 atom stereocenters. The van der Waals surface area contributed by atoms with E-state index in [2.05, 4.69) is 0 Å². The van der Waals surface area contributed by atoms with Crippen LogP contribution in [0.4, 0.5) is 0 Å². The van der Waals surface area contributed by atoms with Gasteiger partial charge in [0.05, 0.1) is 6.04 Å². The van der Waals surface area contributed by atoms with Crippen LogP contribution < -0.4 is 5.73 Å². The van der Waals surface area contributed by atoms with E-state index in [-0.39, 0.29) is 0 Å². The number of Topliss-reactive ketones (excluding diaryl/α,β-unsaturated/α-hetero) is 1. The number of likely N-dealkylation sites (tertiary alicyclic amines) is 1. The van der Waals surface area contributed by atoms with E-state index in [0.29, 0.717) is 19.5 Å². The third-order valence-electron chi connectivity index (χ3n) is 2.29. The van der Waals surface area contributed by atoms with E-state index in [1.54, 1.807) is 4.90 Å². The summed E-state index contributed by atoms with van der Waals surface area (Å²) in [6, 6.07) is -0.599. The summed E-state index contributed by atoms with van der Waals surface area (Å²) in [5.74, 6) is -0.825. The van der Waals surface area contributed by atoms with Crippen molar-refractivity contribution in [3.63, 3.8) is 0 Å². The second kappa shape index (κ2) is 4.37. The highest BCUT2D eigenvalue weighted by atomic mass is 16.2. The molecule has 0 aromatic carbocycles. The fourth-order valence-electron chi connectivity index (χ4n) is 1.28. The Kier molecular flexibility index (Phi) is 3.42. The smallest absolute Gasteiger partial charge is 0.291 e. The molecule has 0 aromatic rings. The number of hydrogen-bond donors (Lipinski definition) is 1. The van der Waals surface area contributed by atoms with Crippen molar-refractivity contribution in [2.45, 2.75) is 32.2 Å². The first-order valence-corrected chi connectivity index (χ1v) is 4.75. The molecule has 4 heteroatoms. The van der Waals surface area contributed by atoms with Crippen LogP contribution in [0.15, 0.2) is 0 Å². The minimum Gasteiger partial charge on any atom is -0.336 e. The van der Waals surface area contributed by atoms with Crippen molar-refractivity contribution in [1.29, 1.82) is 0 Å². The van der Waals surface area contributed by atoms with Gasteiger partial charge in [0.25, 0.3) is 5.91 Å². The van der Waals surface area contributed by atoms with Crippen LogP contribution in [-0.2, 0) is 9.59 Å². The zero-order valence-corrected chi connectivity index (χ0v) is 7.95. The number of nitrogens with zero attached hydrogens (tertiary/aromatic N) is 1. The van der Waals surface area contributed by atoms with Crippen LogP contribution in [0.25, 0.3) is 0 Å². The highest BCUT2D eigenvalue weighted by Gasteiger charge is 2.29. The first-order valence-electron chi connectivity index (χ1n) is 4.75. The maximum absolute atomic E-state index is 11.4. The van der Waals surface area contributed by atoms with E-state index in [0.717, 1.165) is 12.8 Å². The topological polar surface area (TPSA) is 63.4 Å². The Bertz CT molecular complexity index is 212. The van der Waals surface area contributed by atoms with Crippen LogP contribution in [0.5, 0.6) is 0 Å². The van der Waals surface area contributed by atoms with Gasteiger partial charge in [-0.25, -0.2) is 0 Å². The Morgan fingerprint density at radius 3 is 2.46 bits per heavy atom. The SMILES string of the molecule is CCCC(N)C(=O)C(=O)N1CCC1. The lowest BCUT2D eigenvalue weighted by molar-refractivity contribution is -0.147. The van der Waals surface area contributed by atoms with Gasteiger partial charge in [-0.05, 0) is 12.8 Å². The molecule has 4 nitrogen and oxygen atoms in total. The Balaban J connectivity index is 2.41. The van der Waals surface area contributed by atoms with Crippen molar-refractivity contribution in [1.82, 2.24) is 4.90 Å². The molecule has 0 radical (unpaired) electrons. The molecule has 1 fully saturated rings. The van der Waals surface area contributed by atoms with E-state index in [1.165, 1.54) is 0 Å². The summed E-state index contributed by atoms with van der Waals surface area (Å²) >= 11 is 0. The van der Waals surface area contributed by atoms with Gasteiger partial charge in [-0.3, -0.25) is 9.59 Å². The molecular weight excluding hydrogens is 168 g/mol. The number of carbonyl (C=O) groups is 2. The van der Waals surface area contributed by atoms with Crippen molar-refractivity contribution in [3.05, 3.63) is 0 Å². The van der Waals surface area contributed by atoms with Crippen molar-refractivity contribution in [2.75, 3.05) is 13.1 Å². The molecule has 1 aliphatic heterocycles. The average Bonchev–Trinajstić information content (AvgIpc) is 2.00. The fourth-order valence-corrected chi connectivity index (χ4v) is 1.28. The number of rotatable bonds is 4. The van der Waals surface area contributed by atoms with Crippen molar-refractivity contribution >= 4 is 11.7 Å². The molecule has 0 aliphatic carbocycles. The monoisotopic (exact) mass is 184 g/mol. The van der Waals surface area contributed by atoms with Gasteiger partial charge >= 0.3 is 0 Å². The molecule has 1 amide bonds. The van der Waals surface area contributed by atoms with Gasteiger partial charge in [-0.1, -0.05) is 13.3 Å². The minimum absolute atomic E-state index is 0.396. The summed E-state index contributed by atoms with van der Waals surface area (Å²) in [6.45, 7) is 3.37. The van der Waals surface area contributed by atoms with Crippen LogP contribution in [0.2, 0.25) is 0 Å². The third kappa shape index (κ3) is 2.28. The van der Waals surface area contributed by atoms with E-state index in [4.69, 9.17) is 5.73 Å². The first-order chi connectivity index (χ1) is 6.16. The second-order valence-corrected chi connectivity index (χ2v) is 3.41. The summed E-state index contributed by atoms with van der Waals surface area (Å²) in [5, 5.41) is 0. The number of ketones is 1. The Labute approximate surface area is 78.1 Å². The largest absolute Gasteiger partial charge is 0.336 e. The molecule has 1 rings (SSSR count). The Morgan fingerprint density at radius 1 is 1.46 bits per heavy atom. The van der Waals surface area contributed by atoms with Crippen LogP contribution in [0, 0.1) is 0 Å². The van der Waals surface area contributed by atoms with Crippen molar-refractivity contribution in [2.24, 2.45) is 5.73 Å². The predicted molar refractivity (Wildman–Crippen MR) is 49.1 cm³/mol. The van der Waals surface area contributed by atoms with E-state index < -0.39 is 17.7 Å². The number of amides is 1. The first kappa shape index (κ1) is 10.2. The average molecular weight is 184 g/mol. The Morgan fingerprint density at radius 2 is 2.08 bits per heavy atom. The maximum Gasteiger partial charge on any atom is 0.291 e. The summed E-state index contributed by atoms with van der Waals surface area (Å²) in [5.41, 5.74) is 5.55. The molecule has 0 aromatic heterocycles. The van der Waals surface area contributed by atoms with Gasteiger partial charge in [0.2, 0.25) is 5.78 Å². The molecule has 1 heterocycles. The summed E-state index contributed by atoms with van der Waals surface area (Å²) in [6.07, 6.45) is 2.43. The van der Waals surface area contributed by atoms with Gasteiger partial charge in [-0.15, -0.1) is 0 Å². The van der Waals surface area contributed by atoms with Crippen molar-refractivity contribution < 1.29 is 9.59 Å². The molecule has 1 unspecified atom stereocenters. The number of nitrogens with two attached hydrogens (primary N) is 1. The lowest BCUT2D eigenvalue weighted by Crippen LogP contribution is -2.50. The molecule has 1 saturated heterocycles. The number of carbonyl (C=O) groups excluding carboxylic acids is 2. The van der Waals surface area contributed by atoms with Gasteiger partial charge in [0.1, 0.15) is 0 Å². The van der Waals surface area contributed by atoms with Gasteiger partial charge in [-0.2, -0.15) is 0 Å². The Hall–Kier alpha value is -0.900.